The van der Waals surface area contributed by atoms with Crippen molar-refractivity contribution in [2.45, 2.75) is 41.9 Å². The van der Waals surface area contributed by atoms with Gasteiger partial charge in [-0.25, -0.2) is 0 Å². The molecular weight excluding hydrogens is 538 g/mol. The zero-order valence-corrected chi connectivity index (χ0v) is 22.5. The lowest BCUT2D eigenvalue weighted by Crippen LogP contribution is -2.59. The van der Waals surface area contributed by atoms with E-state index < -0.39 is 67.4 Å². The SMILES string of the molecule is O=[N+]([O-])c1ccccc1S(=O)(=O)[N+]1(S(=O)(=O)c2ccccc2[N+](=O)[O-])CCCCCCCNCCNCC1. The minimum absolute atomic E-state index is 0.0681. The summed E-state index contributed by atoms with van der Waals surface area (Å²) in [7, 11) is -10.0. The van der Waals surface area contributed by atoms with Crippen LogP contribution in [-0.4, -0.2) is 69.2 Å². The Morgan fingerprint density at radius 3 is 1.58 bits per heavy atom. The van der Waals surface area contributed by atoms with Crippen LogP contribution >= 0.6 is 0 Å². The summed E-state index contributed by atoms with van der Waals surface area (Å²) in [6.07, 6.45) is 3.19. The summed E-state index contributed by atoms with van der Waals surface area (Å²) >= 11 is 0. The normalized spacial score (nSPS) is 18.2. The quantitative estimate of drug-likeness (QED) is 0.298. The fourth-order valence-electron chi connectivity index (χ4n) is 4.54. The smallest absolute Gasteiger partial charge is 0.315 e. The molecule has 0 saturated carbocycles. The molecule has 0 aliphatic carbocycles. The summed E-state index contributed by atoms with van der Waals surface area (Å²) in [6.45, 7) is 0.831. The molecular formula is C23H32N5O8S2+. The third-order valence-corrected chi connectivity index (χ3v) is 12.0. The highest BCUT2D eigenvalue weighted by atomic mass is 32.3. The van der Waals surface area contributed by atoms with Crippen LogP contribution in [-0.2, 0) is 20.0 Å². The maximum absolute atomic E-state index is 14.4. The molecule has 2 N–H and O–H groups in total. The van der Waals surface area contributed by atoms with Crippen LogP contribution in [0.25, 0.3) is 0 Å². The lowest BCUT2D eigenvalue weighted by atomic mass is 10.1. The molecule has 0 spiro atoms. The maximum atomic E-state index is 14.4. The average molecular weight is 571 g/mol. The first-order valence-electron chi connectivity index (χ1n) is 12.3. The monoisotopic (exact) mass is 570 g/mol. The topological polar surface area (TPSA) is 179 Å². The molecule has 1 heterocycles. The molecule has 0 aromatic heterocycles. The standard InChI is InChI=1S/C23H32N5O8S2/c29-26(30)20-10-4-6-12-22(20)37(33,34)28(38(35,36)23-13-7-5-11-21(23)27(31)32)18-9-3-1-2-8-14-24-15-16-25-17-19-28/h4-7,10-13,24-25H,1-3,8-9,14-19H2/q+1. The van der Waals surface area contributed by atoms with E-state index >= 15 is 0 Å². The van der Waals surface area contributed by atoms with Gasteiger partial charge in [0.25, 0.3) is 11.4 Å². The predicted molar refractivity (Wildman–Crippen MR) is 139 cm³/mol. The maximum Gasteiger partial charge on any atom is 0.348 e. The summed E-state index contributed by atoms with van der Waals surface area (Å²) in [4.78, 5) is 20.3. The van der Waals surface area contributed by atoms with E-state index in [1.165, 1.54) is 24.3 Å². The number of nitrogens with one attached hydrogen (secondary N) is 2. The number of benzene rings is 2. The van der Waals surface area contributed by atoms with Gasteiger partial charge in [-0.1, -0.05) is 37.1 Å². The Morgan fingerprint density at radius 1 is 0.605 bits per heavy atom. The molecule has 0 radical (unpaired) electrons. The summed E-state index contributed by atoms with van der Waals surface area (Å²) in [5.41, 5.74) is -1.53. The molecule has 1 aliphatic rings. The van der Waals surface area contributed by atoms with Gasteiger partial charge in [0.2, 0.25) is 0 Å². The van der Waals surface area contributed by atoms with Gasteiger partial charge in [0.1, 0.15) is 13.1 Å². The van der Waals surface area contributed by atoms with Crippen molar-refractivity contribution in [1.29, 1.82) is 0 Å². The van der Waals surface area contributed by atoms with Crippen molar-refractivity contribution in [3.05, 3.63) is 68.8 Å². The number of hydrogen-bond donors (Lipinski definition) is 2. The first-order valence-corrected chi connectivity index (χ1v) is 15.2. The third-order valence-electron chi connectivity index (χ3n) is 6.52. The van der Waals surface area contributed by atoms with Crippen molar-refractivity contribution in [1.82, 2.24) is 10.6 Å². The molecule has 208 valence electrons. The van der Waals surface area contributed by atoms with Crippen LogP contribution in [0.15, 0.2) is 58.3 Å². The van der Waals surface area contributed by atoms with Crippen LogP contribution in [0.5, 0.6) is 0 Å². The van der Waals surface area contributed by atoms with Gasteiger partial charge in [-0.3, -0.25) is 20.2 Å². The van der Waals surface area contributed by atoms with E-state index in [1.54, 1.807) is 0 Å². The summed E-state index contributed by atoms with van der Waals surface area (Å²) in [5.74, 6) is 0. The van der Waals surface area contributed by atoms with Crippen LogP contribution in [0, 0.1) is 20.2 Å². The van der Waals surface area contributed by atoms with E-state index in [0.29, 0.717) is 19.5 Å². The first-order chi connectivity index (χ1) is 18.1. The number of rotatable bonds is 6. The molecule has 1 aliphatic heterocycles. The van der Waals surface area contributed by atoms with Gasteiger partial charge in [0.15, 0.2) is 9.79 Å². The lowest BCUT2D eigenvalue weighted by Gasteiger charge is -2.35. The Bertz CT molecular complexity index is 1260. The van der Waals surface area contributed by atoms with Gasteiger partial charge in [-0.2, -0.15) is 16.8 Å². The molecule has 1 fully saturated rings. The first kappa shape index (κ1) is 29.6. The second kappa shape index (κ2) is 12.7. The van der Waals surface area contributed by atoms with Gasteiger partial charge in [0.05, 0.1) is 9.85 Å². The van der Waals surface area contributed by atoms with Gasteiger partial charge >= 0.3 is 20.0 Å². The predicted octanol–water partition coefficient (Wildman–Crippen LogP) is 2.54. The van der Waals surface area contributed by atoms with Crippen LogP contribution in [0.1, 0.15) is 32.1 Å². The Labute approximate surface area is 221 Å². The van der Waals surface area contributed by atoms with Crippen molar-refractivity contribution >= 4 is 31.4 Å². The number of sulfonamides is 2. The van der Waals surface area contributed by atoms with Crippen molar-refractivity contribution in [3.63, 3.8) is 0 Å². The minimum atomic E-state index is -5.02. The summed E-state index contributed by atoms with van der Waals surface area (Å²) < 4.78 is 55.8. The Balaban J connectivity index is 2.29. The molecule has 38 heavy (non-hydrogen) atoms. The van der Waals surface area contributed by atoms with Crippen LogP contribution in [0.4, 0.5) is 11.4 Å². The van der Waals surface area contributed by atoms with Gasteiger partial charge in [-0.05, 0) is 37.9 Å². The number of quaternary nitrogens is 1. The minimum Gasteiger partial charge on any atom is -0.315 e. The molecule has 0 atom stereocenters. The van der Waals surface area contributed by atoms with Crippen molar-refractivity contribution in [2.75, 3.05) is 39.3 Å². The van der Waals surface area contributed by atoms with Gasteiger partial charge in [-0.15, -0.1) is 3.29 Å². The van der Waals surface area contributed by atoms with Gasteiger partial charge < -0.3 is 10.6 Å². The van der Waals surface area contributed by atoms with E-state index in [4.69, 9.17) is 0 Å². The molecule has 2 aromatic rings. The number of nitro groups is 2. The average Bonchev–Trinajstić information content (AvgIpc) is 2.89. The molecule has 0 amide bonds. The molecule has 1 saturated heterocycles. The summed E-state index contributed by atoms with van der Waals surface area (Å²) in [6, 6.07) is 9.13. The van der Waals surface area contributed by atoms with E-state index in [9.17, 15) is 37.1 Å². The number of para-hydroxylation sites is 2. The van der Waals surface area contributed by atoms with E-state index in [-0.39, 0.29) is 13.0 Å². The van der Waals surface area contributed by atoms with Gasteiger partial charge in [0, 0.05) is 31.8 Å². The number of hydrogen-bond acceptors (Lipinski definition) is 10. The van der Waals surface area contributed by atoms with Crippen LogP contribution in [0.2, 0.25) is 0 Å². The third kappa shape index (κ3) is 6.02. The highest BCUT2D eigenvalue weighted by molar-refractivity contribution is 7.98. The molecule has 13 nitrogen and oxygen atoms in total. The van der Waals surface area contributed by atoms with E-state index in [2.05, 4.69) is 10.6 Å². The van der Waals surface area contributed by atoms with Crippen molar-refractivity contribution < 1.29 is 30.0 Å². The van der Waals surface area contributed by atoms with E-state index in [0.717, 1.165) is 50.1 Å². The number of nitrogens with zero attached hydrogens (tertiary/aromatic N) is 3. The molecule has 2 aromatic carbocycles. The van der Waals surface area contributed by atoms with Crippen LogP contribution < -0.4 is 10.6 Å². The summed E-state index contributed by atoms with van der Waals surface area (Å²) in [5, 5.41) is 29.8. The molecule has 15 heteroatoms. The Hall–Kier alpha value is -2.98. The fourth-order valence-corrected chi connectivity index (χ4v) is 9.49. The largest absolute Gasteiger partial charge is 0.348 e. The molecule has 0 unspecified atom stereocenters. The second-order valence-corrected chi connectivity index (χ2v) is 13.3. The Kier molecular flexibility index (Phi) is 9.89. The van der Waals surface area contributed by atoms with Crippen LogP contribution in [0.3, 0.4) is 0 Å². The highest BCUT2D eigenvalue weighted by Gasteiger charge is 2.57. The Morgan fingerprint density at radius 2 is 1.05 bits per heavy atom. The van der Waals surface area contributed by atoms with Crippen molar-refractivity contribution in [2.24, 2.45) is 0 Å². The van der Waals surface area contributed by atoms with Crippen molar-refractivity contribution in [3.8, 4) is 0 Å². The molecule has 0 bridgehead atoms. The zero-order chi connectivity index (χ0) is 27.8. The second-order valence-electron chi connectivity index (χ2n) is 8.93. The zero-order valence-electron chi connectivity index (χ0n) is 20.8. The fraction of sp³-hybridized carbons (Fsp3) is 0.478. The van der Waals surface area contributed by atoms with E-state index in [1.807, 2.05) is 0 Å². The molecule has 3 rings (SSSR count). The number of nitro benzene ring substituents is 2. The lowest BCUT2D eigenvalue weighted by molar-refractivity contribution is -0.673. The highest BCUT2D eigenvalue weighted by Crippen LogP contribution is 2.39.